The lowest BCUT2D eigenvalue weighted by Crippen LogP contribution is -2.07. The maximum atomic E-state index is 10.9. The van der Waals surface area contributed by atoms with E-state index in [0.717, 1.165) is 28.2 Å². The van der Waals surface area contributed by atoms with Gasteiger partial charge in [-0.2, -0.15) is 0 Å². The van der Waals surface area contributed by atoms with E-state index in [1.807, 2.05) is 30.3 Å². The number of carbonyl (C=O) groups is 1. The highest BCUT2D eigenvalue weighted by Crippen LogP contribution is 2.32. The Balaban J connectivity index is 2.25. The molecule has 96 valence electrons. The molecule has 1 heterocycles. The molecule has 1 fully saturated rings. The molecule has 0 saturated carbocycles. The van der Waals surface area contributed by atoms with Crippen LogP contribution in [-0.4, -0.2) is 28.0 Å². The van der Waals surface area contributed by atoms with Gasteiger partial charge < -0.3 is 10.2 Å². The van der Waals surface area contributed by atoms with Crippen molar-refractivity contribution in [1.29, 1.82) is 0 Å². The van der Waals surface area contributed by atoms with Crippen LogP contribution in [0.1, 0.15) is 30.4 Å². The molecule has 3 nitrogen and oxygen atoms in total. The van der Waals surface area contributed by atoms with Crippen LogP contribution in [0, 0.1) is 0 Å². The topological polar surface area (TPSA) is 57.5 Å². The summed E-state index contributed by atoms with van der Waals surface area (Å²) in [6.07, 6.45) is 2.37. The predicted molar refractivity (Wildman–Crippen MR) is 73.6 cm³/mol. The standard InChI is InChI=1S/C14H16O3S/c1-9(14(16)17)11-4-2-3-10(7-11)8-13-12(15)5-6-18-13/h2-4,7-9,12,15H,5-6H2,1H3,(H,16,17). The van der Waals surface area contributed by atoms with Crippen molar-refractivity contribution in [2.45, 2.75) is 25.4 Å². The Hall–Kier alpha value is -1.26. The zero-order valence-electron chi connectivity index (χ0n) is 10.2. The summed E-state index contributed by atoms with van der Waals surface area (Å²) in [5.74, 6) is -0.391. The fourth-order valence-corrected chi connectivity index (χ4v) is 3.00. The Bertz CT molecular complexity index is 482. The van der Waals surface area contributed by atoms with Gasteiger partial charge in [0.2, 0.25) is 0 Å². The number of aliphatic hydroxyl groups is 1. The number of thioether (sulfide) groups is 1. The third-order valence-electron chi connectivity index (χ3n) is 3.08. The quantitative estimate of drug-likeness (QED) is 0.881. The molecule has 0 aromatic heterocycles. The van der Waals surface area contributed by atoms with Gasteiger partial charge in [0.05, 0.1) is 12.0 Å². The van der Waals surface area contributed by atoms with Crippen molar-refractivity contribution in [3.05, 3.63) is 40.3 Å². The summed E-state index contributed by atoms with van der Waals surface area (Å²) in [5.41, 5.74) is 1.73. The zero-order chi connectivity index (χ0) is 13.1. The highest BCUT2D eigenvalue weighted by molar-refractivity contribution is 8.03. The smallest absolute Gasteiger partial charge is 0.310 e. The van der Waals surface area contributed by atoms with Crippen LogP contribution in [0.25, 0.3) is 6.08 Å². The van der Waals surface area contributed by atoms with Crippen LogP contribution in [-0.2, 0) is 4.79 Å². The molecule has 0 spiro atoms. The van der Waals surface area contributed by atoms with E-state index in [9.17, 15) is 9.90 Å². The van der Waals surface area contributed by atoms with Crippen LogP contribution in [0.4, 0.5) is 0 Å². The molecule has 0 amide bonds. The van der Waals surface area contributed by atoms with Crippen LogP contribution >= 0.6 is 11.8 Å². The third kappa shape index (κ3) is 2.94. The van der Waals surface area contributed by atoms with Crippen molar-refractivity contribution in [1.82, 2.24) is 0 Å². The molecular formula is C14H16O3S. The summed E-state index contributed by atoms with van der Waals surface area (Å²) < 4.78 is 0. The van der Waals surface area contributed by atoms with Crippen LogP contribution in [0.2, 0.25) is 0 Å². The van der Waals surface area contributed by atoms with Gasteiger partial charge >= 0.3 is 5.97 Å². The molecule has 2 unspecified atom stereocenters. The Morgan fingerprint density at radius 3 is 2.94 bits per heavy atom. The van der Waals surface area contributed by atoms with E-state index in [2.05, 4.69) is 0 Å². The summed E-state index contributed by atoms with van der Waals surface area (Å²) in [6.45, 7) is 1.67. The van der Waals surface area contributed by atoms with E-state index in [4.69, 9.17) is 5.11 Å². The minimum absolute atomic E-state index is 0.365. The number of benzene rings is 1. The van der Waals surface area contributed by atoms with Gasteiger partial charge in [0, 0.05) is 10.7 Å². The minimum Gasteiger partial charge on any atom is -0.481 e. The molecule has 1 aliphatic heterocycles. The molecule has 0 radical (unpaired) electrons. The summed E-state index contributed by atoms with van der Waals surface area (Å²) in [7, 11) is 0. The minimum atomic E-state index is -0.824. The number of carboxylic acid groups (broad SMARTS) is 1. The van der Waals surface area contributed by atoms with Crippen LogP contribution in [0.3, 0.4) is 0 Å². The van der Waals surface area contributed by atoms with Crippen molar-refractivity contribution in [3.8, 4) is 0 Å². The Morgan fingerprint density at radius 2 is 2.33 bits per heavy atom. The molecule has 4 heteroatoms. The third-order valence-corrected chi connectivity index (χ3v) is 4.24. The highest BCUT2D eigenvalue weighted by atomic mass is 32.2. The lowest BCUT2D eigenvalue weighted by Gasteiger charge is -2.08. The number of aliphatic hydroxyl groups excluding tert-OH is 1. The molecule has 2 atom stereocenters. The maximum absolute atomic E-state index is 10.9. The summed E-state index contributed by atoms with van der Waals surface area (Å²) >= 11 is 1.66. The van der Waals surface area contributed by atoms with E-state index in [1.165, 1.54) is 0 Å². The maximum Gasteiger partial charge on any atom is 0.310 e. The molecular weight excluding hydrogens is 248 g/mol. The molecule has 1 aliphatic rings. The first kappa shape index (κ1) is 13.2. The van der Waals surface area contributed by atoms with E-state index >= 15 is 0 Å². The lowest BCUT2D eigenvalue weighted by molar-refractivity contribution is -0.138. The van der Waals surface area contributed by atoms with Gasteiger partial charge in [0.1, 0.15) is 0 Å². The SMILES string of the molecule is CC(C(=O)O)c1cccc(C=C2SCCC2O)c1. The summed E-state index contributed by atoms with van der Waals surface area (Å²) in [4.78, 5) is 11.9. The molecule has 18 heavy (non-hydrogen) atoms. The number of aliphatic carboxylic acids is 1. The van der Waals surface area contributed by atoms with E-state index < -0.39 is 11.9 Å². The van der Waals surface area contributed by atoms with Gasteiger partial charge in [-0.3, -0.25) is 4.79 Å². The number of rotatable bonds is 3. The van der Waals surface area contributed by atoms with E-state index in [-0.39, 0.29) is 6.10 Å². The van der Waals surface area contributed by atoms with Gasteiger partial charge in [-0.1, -0.05) is 24.3 Å². The predicted octanol–water partition coefficient (Wildman–Crippen LogP) is 2.71. The first-order valence-corrected chi connectivity index (χ1v) is 6.91. The summed E-state index contributed by atoms with van der Waals surface area (Å²) in [6, 6.07) is 7.47. The second-order valence-corrected chi connectivity index (χ2v) is 5.60. The average Bonchev–Trinajstić information content (AvgIpc) is 2.74. The van der Waals surface area contributed by atoms with Gasteiger partial charge in [-0.15, -0.1) is 11.8 Å². The Morgan fingerprint density at radius 1 is 1.56 bits per heavy atom. The van der Waals surface area contributed by atoms with E-state index in [1.54, 1.807) is 18.7 Å². The van der Waals surface area contributed by atoms with Gasteiger partial charge in [0.15, 0.2) is 0 Å². The van der Waals surface area contributed by atoms with Crippen molar-refractivity contribution in [2.75, 3.05) is 5.75 Å². The van der Waals surface area contributed by atoms with Gasteiger partial charge in [0.25, 0.3) is 0 Å². The molecule has 2 N–H and O–H groups in total. The first-order chi connectivity index (χ1) is 8.58. The number of carboxylic acids is 1. The Labute approximate surface area is 111 Å². The molecule has 1 aromatic carbocycles. The van der Waals surface area contributed by atoms with Crippen LogP contribution < -0.4 is 0 Å². The fourth-order valence-electron chi connectivity index (χ4n) is 1.89. The molecule has 0 bridgehead atoms. The second-order valence-electron chi connectivity index (χ2n) is 4.43. The average molecular weight is 264 g/mol. The molecule has 0 aliphatic carbocycles. The van der Waals surface area contributed by atoms with Crippen molar-refractivity contribution >= 4 is 23.8 Å². The van der Waals surface area contributed by atoms with Gasteiger partial charge in [-0.05, 0) is 30.5 Å². The molecule has 1 saturated heterocycles. The largest absolute Gasteiger partial charge is 0.481 e. The van der Waals surface area contributed by atoms with Crippen LogP contribution in [0.15, 0.2) is 29.2 Å². The lowest BCUT2D eigenvalue weighted by atomic mass is 9.99. The zero-order valence-corrected chi connectivity index (χ0v) is 11.0. The van der Waals surface area contributed by atoms with Crippen molar-refractivity contribution in [2.24, 2.45) is 0 Å². The van der Waals surface area contributed by atoms with Crippen molar-refractivity contribution < 1.29 is 15.0 Å². The second kappa shape index (κ2) is 5.59. The number of hydrogen-bond donors (Lipinski definition) is 2. The Kier molecular flexibility index (Phi) is 4.09. The van der Waals surface area contributed by atoms with Crippen LogP contribution in [0.5, 0.6) is 0 Å². The normalized spacial score (nSPS) is 23.2. The fraction of sp³-hybridized carbons (Fsp3) is 0.357. The molecule has 1 aromatic rings. The van der Waals surface area contributed by atoms with Gasteiger partial charge in [-0.25, -0.2) is 0 Å². The van der Waals surface area contributed by atoms with Crippen molar-refractivity contribution in [3.63, 3.8) is 0 Å². The summed E-state index contributed by atoms with van der Waals surface area (Å²) in [5, 5.41) is 18.7. The molecule has 2 rings (SSSR count). The first-order valence-electron chi connectivity index (χ1n) is 5.93. The monoisotopic (exact) mass is 264 g/mol. The van der Waals surface area contributed by atoms with E-state index in [0.29, 0.717) is 0 Å². The number of hydrogen-bond acceptors (Lipinski definition) is 3. The highest BCUT2D eigenvalue weighted by Gasteiger charge is 2.19.